The molecular formula is C18H20N4O3. The van der Waals surface area contributed by atoms with Crippen molar-refractivity contribution in [2.75, 3.05) is 6.54 Å². The highest BCUT2D eigenvalue weighted by Crippen LogP contribution is 2.24. The molecule has 1 aliphatic heterocycles. The van der Waals surface area contributed by atoms with Gasteiger partial charge >= 0.3 is 0 Å². The maximum atomic E-state index is 12.0. The van der Waals surface area contributed by atoms with Crippen molar-refractivity contribution in [3.05, 3.63) is 59.2 Å². The number of phenols is 2. The van der Waals surface area contributed by atoms with Crippen LogP contribution in [0.5, 0.6) is 11.5 Å². The van der Waals surface area contributed by atoms with Gasteiger partial charge in [0.1, 0.15) is 11.5 Å². The number of nitrogens with zero attached hydrogens (tertiary/aromatic N) is 1. The molecule has 2 aromatic carbocycles. The first-order valence-corrected chi connectivity index (χ1v) is 7.94. The van der Waals surface area contributed by atoms with Crippen LogP contribution in [0.2, 0.25) is 0 Å². The van der Waals surface area contributed by atoms with Gasteiger partial charge in [-0.15, -0.1) is 0 Å². The highest BCUT2D eigenvalue weighted by molar-refractivity contribution is 5.95. The molecular weight excluding hydrogens is 320 g/mol. The summed E-state index contributed by atoms with van der Waals surface area (Å²) < 4.78 is 0. The molecule has 0 aliphatic carbocycles. The second-order valence-corrected chi connectivity index (χ2v) is 6.03. The van der Waals surface area contributed by atoms with E-state index in [0.717, 1.165) is 11.6 Å². The molecule has 130 valence electrons. The second-order valence-electron chi connectivity index (χ2n) is 6.03. The van der Waals surface area contributed by atoms with Crippen molar-refractivity contribution in [2.24, 2.45) is 11.0 Å². The molecule has 7 nitrogen and oxygen atoms in total. The summed E-state index contributed by atoms with van der Waals surface area (Å²) in [7, 11) is 0. The van der Waals surface area contributed by atoms with Gasteiger partial charge in [0.05, 0.1) is 6.04 Å². The van der Waals surface area contributed by atoms with E-state index in [-0.39, 0.29) is 29.0 Å². The Morgan fingerprint density at radius 2 is 1.88 bits per heavy atom. The van der Waals surface area contributed by atoms with Crippen LogP contribution in [0.3, 0.4) is 0 Å². The van der Waals surface area contributed by atoms with Crippen LogP contribution >= 0.6 is 0 Å². The van der Waals surface area contributed by atoms with Crippen molar-refractivity contribution in [1.82, 2.24) is 16.3 Å². The number of hydrogen-bond donors (Lipinski definition) is 5. The van der Waals surface area contributed by atoms with Crippen LogP contribution in [0.4, 0.5) is 0 Å². The average Bonchev–Trinajstić information content (AvgIpc) is 3.03. The normalized spacial score (nSPS) is 20.0. The minimum atomic E-state index is -0.506. The molecule has 7 heteroatoms. The van der Waals surface area contributed by atoms with Gasteiger partial charge in [0.15, 0.2) is 0 Å². The standard InChI is InChI=1S/C18H20N4O3/c1-11-2-4-12(5-3-11)17-14(9-19-21-17)10-20-22-18(25)13-6-15(23)8-16(24)7-13/h2-8,10,14,17,19,21,23-24H,9H2,1H3,(H,22,25)/b20-10+. The van der Waals surface area contributed by atoms with E-state index in [2.05, 4.69) is 45.6 Å². The van der Waals surface area contributed by atoms with Crippen LogP contribution in [0.25, 0.3) is 0 Å². The van der Waals surface area contributed by atoms with Gasteiger partial charge in [-0.05, 0) is 24.6 Å². The minimum absolute atomic E-state index is 0.0612. The third kappa shape index (κ3) is 4.14. The van der Waals surface area contributed by atoms with Crippen LogP contribution in [0.1, 0.15) is 27.5 Å². The van der Waals surface area contributed by atoms with E-state index in [1.165, 1.54) is 17.7 Å². The lowest BCUT2D eigenvalue weighted by Gasteiger charge is -2.15. The zero-order chi connectivity index (χ0) is 17.8. The van der Waals surface area contributed by atoms with Crippen LogP contribution in [-0.2, 0) is 0 Å². The first-order valence-electron chi connectivity index (χ1n) is 7.94. The third-order valence-corrected chi connectivity index (χ3v) is 4.06. The van der Waals surface area contributed by atoms with E-state index < -0.39 is 5.91 Å². The van der Waals surface area contributed by atoms with Gasteiger partial charge in [-0.2, -0.15) is 5.10 Å². The maximum Gasteiger partial charge on any atom is 0.271 e. The second kappa shape index (κ2) is 7.33. The van der Waals surface area contributed by atoms with E-state index in [1.54, 1.807) is 6.21 Å². The highest BCUT2D eigenvalue weighted by atomic mass is 16.3. The van der Waals surface area contributed by atoms with Crippen molar-refractivity contribution in [2.45, 2.75) is 13.0 Å². The molecule has 1 fully saturated rings. The first kappa shape index (κ1) is 16.9. The van der Waals surface area contributed by atoms with Gasteiger partial charge in [0.2, 0.25) is 0 Å². The summed E-state index contributed by atoms with van der Waals surface area (Å²) in [6, 6.07) is 12.0. The Hall–Kier alpha value is -2.90. The van der Waals surface area contributed by atoms with Gasteiger partial charge in [-0.25, -0.2) is 10.9 Å². The minimum Gasteiger partial charge on any atom is -0.508 e. The number of phenolic OH excluding ortho intramolecular Hbond substituents is 2. The molecule has 0 radical (unpaired) electrons. The molecule has 0 aromatic heterocycles. The van der Waals surface area contributed by atoms with E-state index in [1.807, 2.05) is 6.92 Å². The molecule has 1 amide bonds. The summed E-state index contributed by atoms with van der Waals surface area (Å²) in [6.45, 7) is 2.72. The van der Waals surface area contributed by atoms with Crippen LogP contribution in [-0.4, -0.2) is 28.9 Å². The number of aromatic hydroxyl groups is 2. The third-order valence-electron chi connectivity index (χ3n) is 4.06. The topological polar surface area (TPSA) is 106 Å². The SMILES string of the molecule is Cc1ccc(C2NNCC2/C=N/NC(=O)c2cc(O)cc(O)c2)cc1. The summed E-state index contributed by atoms with van der Waals surface area (Å²) in [5, 5.41) is 22.9. The zero-order valence-corrected chi connectivity index (χ0v) is 13.7. The summed E-state index contributed by atoms with van der Waals surface area (Å²) in [5.41, 5.74) is 11.2. The van der Waals surface area contributed by atoms with Crippen LogP contribution < -0.4 is 16.3 Å². The highest BCUT2D eigenvalue weighted by Gasteiger charge is 2.26. The summed E-state index contributed by atoms with van der Waals surface area (Å²) >= 11 is 0. The lowest BCUT2D eigenvalue weighted by Crippen LogP contribution is -2.25. The zero-order valence-electron chi connectivity index (χ0n) is 13.7. The molecule has 1 saturated heterocycles. The largest absolute Gasteiger partial charge is 0.508 e. The number of amides is 1. The van der Waals surface area contributed by atoms with Crippen molar-refractivity contribution in [1.29, 1.82) is 0 Å². The number of benzene rings is 2. The van der Waals surface area contributed by atoms with Crippen LogP contribution in [0, 0.1) is 12.8 Å². The predicted octanol–water partition coefficient (Wildman–Crippen LogP) is 1.59. The van der Waals surface area contributed by atoms with Crippen molar-refractivity contribution in [3.8, 4) is 11.5 Å². The molecule has 2 unspecified atom stereocenters. The van der Waals surface area contributed by atoms with E-state index in [9.17, 15) is 15.0 Å². The van der Waals surface area contributed by atoms with E-state index in [4.69, 9.17) is 0 Å². The van der Waals surface area contributed by atoms with Gasteiger partial charge in [-0.1, -0.05) is 29.8 Å². The molecule has 1 heterocycles. The number of rotatable bonds is 4. The number of hydrogen-bond acceptors (Lipinski definition) is 6. The molecule has 0 spiro atoms. The first-order chi connectivity index (χ1) is 12.0. The van der Waals surface area contributed by atoms with E-state index in [0.29, 0.717) is 6.54 Å². The Morgan fingerprint density at radius 3 is 2.56 bits per heavy atom. The number of carbonyl (C=O) groups excluding carboxylic acids is 1. The summed E-state index contributed by atoms with van der Waals surface area (Å²) in [4.78, 5) is 12.0. The van der Waals surface area contributed by atoms with Gasteiger partial charge in [-0.3, -0.25) is 10.2 Å². The Labute approximate surface area is 145 Å². The van der Waals surface area contributed by atoms with Crippen molar-refractivity contribution < 1.29 is 15.0 Å². The van der Waals surface area contributed by atoms with Crippen molar-refractivity contribution >= 4 is 12.1 Å². The Bertz CT molecular complexity index is 769. The van der Waals surface area contributed by atoms with Gasteiger partial charge in [0, 0.05) is 30.3 Å². The molecule has 2 atom stereocenters. The average molecular weight is 340 g/mol. The fourth-order valence-electron chi connectivity index (χ4n) is 2.74. The Kier molecular flexibility index (Phi) is 4.97. The van der Waals surface area contributed by atoms with Crippen molar-refractivity contribution in [3.63, 3.8) is 0 Å². The predicted molar refractivity (Wildman–Crippen MR) is 94.3 cm³/mol. The molecule has 2 aromatic rings. The maximum absolute atomic E-state index is 12.0. The lowest BCUT2D eigenvalue weighted by molar-refractivity contribution is 0.0954. The number of aryl methyl sites for hydroxylation is 1. The number of carbonyl (C=O) groups is 1. The summed E-state index contributed by atoms with van der Waals surface area (Å²) in [5.74, 6) is -0.802. The summed E-state index contributed by atoms with van der Waals surface area (Å²) in [6.07, 6.45) is 1.68. The monoisotopic (exact) mass is 340 g/mol. The quantitative estimate of drug-likeness (QED) is 0.429. The van der Waals surface area contributed by atoms with E-state index >= 15 is 0 Å². The fraction of sp³-hybridized carbons (Fsp3) is 0.222. The Balaban J connectivity index is 1.64. The molecule has 5 N–H and O–H groups in total. The molecule has 0 bridgehead atoms. The smallest absolute Gasteiger partial charge is 0.271 e. The number of hydrazone groups is 1. The van der Waals surface area contributed by atoms with Gasteiger partial charge < -0.3 is 10.2 Å². The molecule has 25 heavy (non-hydrogen) atoms. The van der Waals surface area contributed by atoms with Crippen LogP contribution in [0.15, 0.2) is 47.6 Å². The number of hydrazine groups is 1. The molecule has 0 saturated carbocycles. The fourth-order valence-corrected chi connectivity index (χ4v) is 2.74. The van der Waals surface area contributed by atoms with Gasteiger partial charge in [0.25, 0.3) is 5.91 Å². The molecule has 1 aliphatic rings. The molecule has 3 rings (SSSR count). The Morgan fingerprint density at radius 1 is 1.20 bits per heavy atom. The lowest BCUT2D eigenvalue weighted by atomic mass is 9.95. The number of nitrogens with one attached hydrogen (secondary N) is 3.